The summed E-state index contributed by atoms with van der Waals surface area (Å²) in [6, 6.07) is 9.00. The standard InChI is InChI=1S/C19H15F3N2O3/c1-10-7-8-15(27-2)17-16(10)14(25)9-13(23-17)18(26)24-12-6-4-3-5-11(12)19(20,21)22/h3-9H,1-2H3,(H,23,25)(H,24,26). The van der Waals surface area contributed by atoms with E-state index in [0.717, 1.165) is 18.2 Å². The van der Waals surface area contributed by atoms with E-state index in [-0.39, 0.29) is 5.69 Å². The lowest BCUT2D eigenvalue weighted by Gasteiger charge is -2.14. The first kappa shape index (κ1) is 18.5. The van der Waals surface area contributed by atoms with Crippen LogP contribution in [0.1, 0.15) is 21.6 Å². The number of H-pyrrole nitrogens is 1. The van der Waals surface area contributed by atoms with Gasteiger partial charge < -0.3 is 15.0 Å². The number of benzene rings is 2. The average Bonchev–Trinajstić information content (AvgIpc) is 2.61. The van der Waals surface area contributed by atoms with E-state index in [1.54, 1.807) is 19.1 Å². The van der Waals surface area contributed by atoms with Crippen molar-refractivity contribution in [1.29, 1.82) is 0 Å². The molecular weight excluding hydrogens is 361 g/mol. The Balaban J connectivity index is 2.07. The Hall–Kier alpha value is -3.29. The first-order valence-corrected chi connectivity index (χ1v) is 7.90. The first-order valence-electron chi connectivity index (χ1n) is 7.90. The van der Waals surface area contributed by atoms with Crippen LogP contribution in [0.2, 0.25) is 0 Å². The zero-order valence-electron chi connectivity index (χ0n) is 14.4. The molecule has 2 N–H and O–H groups in total. The quantitative estimate of drug-likeness (QED) is 0.723. The topological polar surface area (TPSA) is 71.2 Å². The molecule has 1 aromatic heterocycles. The van der Waals surface area contributed by atoms with Gasteiger partial charge in [0.2, 0.25) is 0 Å². The zero-order chi connectivity index (χ0) is 19.8. The highest BCUT2D eigenvalue weighted by atomic mass is 19.4. The molecule has 0 spiro atoms. The average molecular weight is 376 g/mol. The molecule has 0 fully saturated rings. The van der Waals surface area contributed by atoms with Gasteiger partial charge in [-0.1, -0.05) is 18.2 Å². The van der Waals surface area contributed by atoms with Crippen LogP contribution in [0, 0.1) is 6.92 Å². The van der Waals surface area contributed by atoms with Gasteiger partial charge in [0.05, 0.1) is 29.3 Å². The molecule has 0 saturated carbocycles. The van der Waals surface area contributed by atoms with Crippen molar-refractivity contribution in [2.75, 3.05) is 12.4 Å². The molecule has 0 radical (unpaired) electrons. The smallest absolute Gasteiger partial charge is 0.418 e. The molecule has 140 valence electrons. The van der Waals surface area contributed by atoms with E-state index < -0.39 is 28.8 Å². The second kappa shape index (κ2) is 6.79. The van der Waals surface area contributed by atoms with E-state index in [2.05, 4.69) is 10.3 Å². The summed E-state index contributed by atoms with van der Waals surface area (Å²) in [5.41, 5.74) is -0.995. The molecule has 0 unspecified atom stereocenters. The molecule has 1 amide bonds. The lowest BCUT2D eigenvalue weighted by molar-refractivity contribution is -0.136. The summed E-state index contributed by atoms with van der Waals surface area (Å²) >= 11 is 0. The minimum Gasteiger partial charge on any atom is -0.495 e. The molecule has 0 saturated heterocycles. The predicted molar refractivity (Wildman–Crippen MR) is 95.3 cm³/mol. The monoisotopic (exact) mass is 376 g/mol. The van der Waals surface area contributed by atoms with Crippen LogP contribution in [0.25, 0.3) is 10.9 Å². The third-order valence-corrected chi connectivity index (χ3v) is 4.10. The van der Waals surface area contributed by atoms with Crippen molar-refractivity contribution >= 4 is 22.5 Å². The number of carbonyl (C=O) groups excluding carboxylic acids is 1. The van der Waals surface area contributed by atoms with E-state index in [1.807, 2.05) is 0 Å². The summed E-state index contributed by atoms with van der Waals surface area (Å²) in [6.07, 6.45) is -4.62. The van der Waals surface area contributed by atoms with Crippen molar-refractivity contribution in [3.63, 3.8) is 0 Å². The van der Waals surface area contributed by atoms with Crippen LogP contribution in [-0.2, 0) is 6.18 Å². The third kappa shape index (κ3) is 3.51. The van der Waals surface area contributed by atoms with Gasteiger partial charge in [-0.05, 0) is 30.7 Å². The minimum atomic E-state index is -4.62. The summed E-state index contributed by atoms with van der Waals surface area (Å²) in [5, 5.41) is 2.56. The third-order valence-electron chi connectivity index (χ3n) is 4.10. The number of para-hydroxylation sites is 1. The number of aryl methyl sites for hydroxylation is 1. The second-order valence-electron chi connectivity index (χ2n) is 5.88. The van der Waals surface area contributed by atoms with Gasteiger partial charge in [-0.25, -0.2) is 0 Å². The number of amides is 1. The highest BCUT2D eigenvalue weighted by molar-refractivity contribution is 6.05. The van der Waals surface area contributed by atoms with Gasteiger partial charge in [0.25, 0.3) is 5.91 Å². The lowest BCUT2D eigenvalue weighted by atomic mass is 10.1. The van der Waals surface area contributed by atoms with E-state index in [1.165, 1.54) is 19.2 Å². The van der Waals surface area contributed by atoms with Crippen LogP contribution in [0.4, 0.5) is 18.9 Å². The number of halogens is 3. The molecule has 0 atom stereocenters. The molecule has 0 aliphatic heterocycles. The Bertz CT molecular complexity index is 1090. The fourth-order valence-corrected chi connectivity index (χ4v) is 2.82. The number of methoxy groups -OCH3 is 1. The van der Waals surface area contributed by atoms with Crippen LogP contribution < -0.4 is 15.5 Å². The number of carbonyl (C=O) groups is 1. The highest BCUT2D eigenvalue weighted by Crippen LogP contribution is 2.34. The van der Waals surface area contributed by atoms with Crippen LogP contribution in [0.5, 0.6) is 5.75 Å². The number of ether oxygens (including phenoxy) is 1. The number of hydrogen-bond donors (Lipinski definition) is 2. The predicted octanol–water partition coefficient (Wildman–Crippen LogP) is 4.12. The minimum absolute atomic E-state index is 0.173. The number of nitrogens with one attached hydrogen (secondary N) is 2. The summed E-state index contributed by atoms with van der Waals surface area (Å²) < 4.78 is 44.5. The van der Waals surface area contributed by atoms with Crippen LogP contribution >= 0.6 is 0 Å². The van der Waals surface area contributed by atoms with E-state index in [9.17, 15) is 22.8 Å². The highest BCUT2D eigenvalue weighted by Gasteiger charge is 2.33. The van der Waals surface area contributed by atoms with Crippen molar-refractivity contribution in [3.8, 4) is 5.75 Å². The molecule has 3 aromatic rings. The van der Waals surface area contributed by atoms with Gasteiger partial charge in [0, 0.05) is 6.07 Å². The maximum Gasteiger partial charge on any atom is 0.418 e. The SMILES string of the molecule is COc1ccc(C)c2c(=O)cc(C(=O)Nc3ccccc3C(F)(F)F)[nH]c12. The van der Waals surface area contributed by atoms with Gasteiger partial charge >= 0.3 is 6.18 Å². The zero-order valence-corrected chi connectivity index (χ0v) is 14.4. The number of fused-ring (bicyclic) bond motifs is 1. The Kier molecular flexibility index (Phi) is 4.65. The van der Waals surface area contributed by atoms with Crippen LogP contribution in [-0.4, -0.2) is 18.0 Å². The van der Waals surface area contributed by atoms with Crippen molar-refractivity contribution in [2.45, 2.75) is 13.1 Å². The maximum absolute atomic E-state index is 13.1. The van der Waals surface area contributed by atoms with Crippen molar-refractivity contribution < 1.29 is 22.7 Å². The van der Waals surface area contributed by atoms with Crippen molar-refractivity contribution in [1.82, 2.24) is 4.98 Å². The number of alkyl halides is 3. The molecule has 5 nitrogen and oxygen atoms in total. The van der Waals surface area contributed by atoms with Gasteiger partial charge in [0.15, 0.2) is 5.43 Å². The van der Waals surface area contributed by atoms with E-state index in [0.29, 0.717) is 22.2 Å². The Morgan fingerprint density at radius 3 is 2.52 bits per heavy atom. The number of hydrogen-bond acceptors (Lipinski definition) is 3. The molecule has 8 heteroatoms. The molecule has 27 heavy (non-hydrogen) atoms. The van der Waals surface area contributed by atoms with Gasteiger partial charge in [-0.2, -0.15) is 13.2 Å². The number of aromatic nitrogens is 1. The molecular formula is C19H15F3N2O3. The van der Waals surface area contributed by atoms with Crippen LogP contribution in [0.3, 0.4) is 0 Å². The Labute approximate surface area is 151 Å². The van der Waals surface area contributed by atoms with Gasteiger partial charge in [-0.15, -0.1) is 0 Å². The number of aromatic amines is 1. The maximum atomic E-state index is 13.1. The van der Waals surface area contributed by atoms with Crippen LogP contribution in [0.15, 0.2) is 47.3 Å². The number of anilines is 1. The second-order valence-corrected chi connectivity index (χ2v) is 5.88. The Morgan fingerprint density at radius 1 is 1.15 bits per heavy atom. The van der Waals surface area contributed by atoms with Gasteiger partial charge in [-0.3, -0.25) is 9.59 Å². The molecule has 0 aliphatic rings. The first-order chi connectivity index (χ1) is 12.7. The number of pyridine rings is 1. The molecule has 2 aromatic carbocycles. The lowest BCUT2D eigenvalue weighted by Crippen LogP contribution is -2.20. The summed E-state index contributed by atoms with van der Waals surface area (Å²) in [5.74, 6) is -0.521. The van der Waals surface area contributed by atoms with Crippen molar-refractivity contribution in [2.24, 2.45) is 0 Å². The number of rotatable bonds is 3. The van der Waals surface area contributed by atoms with Crippen molar-refractivity contribution in [3.05, 3.63) is 69.5 Å². The molecule has 0 bridgehead atoms. The van der Waals surface area contributed by atoms with Gasteiger partial charge in [0.1, 0.15) is 11.4 Å². The normalized spacial score (nSPS) is 11.4. The summed E-state index contributed by atoms with van der Waals surface area (Å²) in [4.78, 5) is 27.7. The molecule has 1 heterocycles. The Morgan fingerprint density at radius 2 is 1.85 bits per heavy atom. The molecule has 3 rings (SSSR count). The summed E-state index contributed by atoms with van der Waals surface area (Å²) in [6.45, 7) is 1.73. The fraction of sp³-hybridized carbons (Fsp3) is 0.158. The van der Waals surface area contributed by atoms with E-state index >= 15 is 0 Å². The fourth-order valence-electron chi connectivity index (χ4n) is 2.82. The van der Waals surface area contributed by atoms with E-state index in [4.69, 9.17) is 4.74 Å². The molecule has 0 aliphatic carbocycles. The largest absolute Gasteiger partial charge is 0.495 e. The summed E-state index contributed by atoms with van der Waals surface area (Å²) in [7, 11) is 1.41.